The molecule has 0 bridgehead atoms. The Bertz CT molecular complexity index is 545. The van der Waals surface area contributed by atoms with Crippen molar-refractivity contribution >= 4 is 11.6 Å². The third kappa shape index (κ3) is 2.02. The molecule has 0 aliphatic heterocycles. The Morgan fingerprint density at radius 1 is 1.47 bits per heavy atom. The number of aryl methyl sites for hydroxylation is 1. The van der Waals surface area contributed by atoms with Gasteiger partial charge in [0, 0.05) is 19.8 Å². The number of pyridine rings is 1. The smallest absolute Gasteiger partial charge is 0.272 e. The fraction of sp³-hybridized carbons (Fsp3) is 0.385. The summed E-state index contributed by atoms with van der Waals surface area (Å²) in [4.78, 5) is 18.4. The van der Waals surface area contributed by atoms with Crippen LogP contribution in [0.1, 0.15) is 29.5 Å². The second-order valence-electron chi connectivity index (χ2n) is 4.20. The topological polar surface area (TPSA) is 37.6 Å². The minimum atomic E-state index is 0.0306. The zero-order chi connectivity index (χ0) is 12.4. The van der Waals surface area contributed by atoms with E-state index in [2.05, 4.69) is 11.9 Å². The molecule has 4 heteroatoms. The van der Waals surface area contributed by atoms with Gasteiger partial charge in [0.2, 0.25) is 0 Å². The molecule has 17 heavy (non-hydrogen) atoms. The van der Waals surface area contributed by atoms with E-state index in [0.717, 1.165) is 24.3 Å². The van der Waals surface area contributed by atoms with Gasteiger partial charge < -0.3 is 4.90 Å². The van der Waals surface area contributed by atoms with Crippen molar-refractivity contribution in [2.75, 3.05) is 13.6 Å². The first-order valence-electron chi connectivity index (χ1n) is 5.84. The molecule has 0 saturated carbocycles. The molecule has 0 spiro atoms. The lowest BCUT2D eigenvalue weighted by Gasteiger charge is -2.16. The molecular formula is C13H17N3O. The Balaban J connectivity index is 2.47. The van der Waals surface area contributed by atoms with Crippen LogP contribution >= 0.6 is 0 Å². The van der Waals surface area contributed by atoms with E-state index in [-0.39, 0.29) is 5.91 Å². The molecule has 90 valence electrons. The van der Waals surface area contributed by atoms with Gasteiger partial charge in [-0.15, -0.1) is 0 Å². The van der Waals surface area contributed by atoms with E-state index in [0.29, 0.717) is 5.69 Å². The summed E-state index contributed by atoms with van der Waals surface area (Å²) in [5.74, 6) is 0.0306. The molecule has 0 aliphatic carbocycles. The fourth-order valence-corrected chi connectivity index (χ4v) is 1.99. The largest absolute Gasteiger partial charge is 0.340 e. The molecule has 4 nitrogen and oxygen atoms in total. The van der Waals surface area contributed by atoms with E-state index in [9.17, 15) is 4.79 Å². The maximum atomic E-state index is 12.3. The third-order valence-electron chi connectivity index (χ3n) is 2.81. The van der Waals surface area contributed by atoms with Gasteiger partial charge in [-0.1, -0.05) is 13.0 Å². The minimum absolute atomic E-state index is 0.0306. The van der Waals surface area contributed by atoms with Gasteiger partial charge in [-0.2, -0.15) is 0 Å². The highest BCUT2D eigenvalue weighted by molar-refractivity contribution is 5.94. The van der Waals surface area contributed by atoms with Gasteiger partial charge in [0.25, 0.3) is 5.91 Å². The number of hydrogen-bond acceptors (Lipinski definition) is 2. The highest BCUT2D eigenvalue weighted by Gasteiger charge is 2.19. The number of carbonyl (C=O) groups excluding carboxylic acids is 1. The highest BCUT2D eigenvalue weighted by Crippen LogP contribution is 2.13. The molecule has 0 saturated heterocycles. The molecule has 0 N–H and O–H groups in total. The number of hydrogen-bond donors (Lipinski definition) is 0. The number of aromatic nitrogens is 2. The van der Waals surface area contributed by atoms with Crippen molar-refractivity contribution in [3.05, 3.63) is 35.8 Å². The molecule has 0 aliphatic rings. The predicted molar refractivity (Wildman–Crippen MR) is 67.2 cm³/mol. The number of carbonyl (C=O) groups is 1. The van der Waals surface area contributed by atoms with Gasteiger partial charge in [-0.25, -0.2) is 4.98 Å². The average molecular weight is 231 g/mol. The molecule has 2 heterocycles. The number of rotatable bonds is 3. The molecular weight excluding hydrogens is 214 g/mol. The van der Waals surface area contributed by atoms with E-state index in [1.54, 1.807) is 4.90 Å². The SMILES string of the molecule is CCCN(C)C(=O)c1c(C)nc2ccccn12. The van der Waals surface area contributed by atoms with Crippen molar-refractivity contribution in [1.82, 2.24) is 14.3 Å². The monoisotopic (exact) mass is 231 g/mol. The van der Waals surface area contributed by atoms with E-state index in [4.69, 9.17) is 0 Å². The van der Waals surface area contributed by atoms with E-state index < -0.39 is 0 Å². The lowest BCUT2D eigenvalue weighted by Crippen LogP contribution is -2.29. The molecule has 0 aromatic carbocycles. The Labute approximate surface area is 101 Å². The van der Waals surface area contributed by atoms with Crippen LogP contribution in [0.5, 0.6) is 0 Å². The fourth-order valence-electron chi connectivity index (χ4n) is 1.99. The summed E-state index contributed by atoms with van der Waals surface area (Å²) in [6.07, 6.45) is 2.83. The summed E-state index contributed by atoms with van der Waals surface area (Å²) in [6.45, 7) is 4.70. The summed E-state index contributed by atoms with van der Waals surface area (Å²) in [7, 11) is 1.83. The molecule has 0 unspecified atom stereocenters. The normalized spacial score (nSPS) is 10.8. The molecule has 0 atom stereocenters. The second kappa shape index (κ2) is 4.57. The zero-order valence-electron chi connectivity index (χ0n) is 10.5. The maximum absolute atomic E-state index is 12.3. The first-order chi connectivity index (χ1) is 8.15. The number of fused-ring (bicyclic) bond motifs is 1. The van der Waals surface area contributed by atoms with Gasteiger partial charge in [0.1, 0.15) is 11.3 Å². The Kier molecular flexibility index (Phi) is 3.13. The molecule has 2 rings (SSSR count). The maximum Gasteiger partial charge on any atom is 0.272 e. The van der Waals surface area contributed by atoms with Crippen LogP contribution in [0.25, 0.3) is 5.65 Å². The Hall–Kier alpha value is -1.84. The van der Waals surface area contributed by atoms with Crippen molar-refractivity contribution in [2.45, 2.75) is 20.3 Å². The van der Waals surface area contributed by atoms with Crippen LogP contribution in [0.2, 0.25) is 0 Å². The molecule has 0 fully saturated rings. The number of amides is 1. The lowest BCUT2D eigenvalue weighted by atomic mass is 10.3. The van der Waals surface area contributed by atoms with Gasteiger partial charge in [0.05, 0.1) is 5.69 Å². The quantitative estimate of drug-likeness (QED) is 0.811. The minimum Gasteiger partial charge on any atom is -0.340 e. The van der Waals surface area contributed by atoms with E-state index in [1.807, 2.05) is 42.8 Å². The van der Waals surface area contributed by atoms with E-state index >= 15 is 0 Å². The van der Waals surface area contributed by atoms with Gasteiger partial charge in [-0.3, -0.25) is 9.20 Å². The summed E-state index contributed by atoms with van der Waals surface area (Å²) < 4.78 is 1.85. The second-order valence-corrected chi connectivity index (χ2v) is 4.20. The van der Waals surface area contributed by atoms with Crippen LogP contribution in [0.3, 0.4) is 0 Å². The lowest BCUT2D eigenvalue weighted by molar-refractivity contribution is 0.0787. The average Bonchev–Trinajstić information content (AvgIpc) is 2.64. The van der Waals surface area contributed by atoms with Crippen LogP contribution in [0.4, 0.5) is 0 Å². The molecule has 2 aromatic rings. The van der Waals surface area contributed by atoms with Gasteiger partial charge >= 0.3 is 0 Å². The number of nitrogens with zero attached hydrogens (tertiary/aromatic N) is 3. The van der Waals surface area contributed by atoms with Crippen molar-refractivity contribution in [1.29, 1.82) is 0 Å². The van der Waals surface area contributed by atoms with Crippen molar-refractivity contribution < 1.29 is 4.79 Å². The molecule has 0 radical (unpaired) electrons. The third-order valence-corrected chi connectivity index (χ3v) is 2.81. The standard InChI is InChI=1S/C13H17N3O/c1-4-8-15(3)13(17)12-10(2)14-11-7-5-6-9-16(11)12/h5-7,9H,4,8H2,1-3H3. The summed E-state index contributed by atoms with van der Waals surface area (Å²) in [6, 6.07) is 5.74. The van der Waals surface area contributed by atoms with Crippen LogP contribution in [-0.4, -0.2) is 33.8 Å². The van der Waals surface area contributed by atoms with Crippen LogP contribution < -0.4 is 0 Å². The summed E-state index contributed by atoms with van der Waals surface area (Å²) in [5.41, 5.74) is 2.26. The Morgan fingerprint density at radius 3 is 2.94 bits per heavy atom. The molecule has 2 aromatic heterocycles. The van der Waals surface area contributed by atoms with Crippen LogP contribution in [-0.2, 0) is 0 Å². The highest BCUT2D eigenvalue weighted by atomic mass is 16.2. The van der Waals surface area contributed by atoms with Crippen LogP contribution in [0, 0.1) is 6.92 Å². The summed E-state index contributed by atoms with van der Waals surface area (Å²) in [5, 5.41) is 0. The van der Waals surface area contributed by atoms with E-state index in [1.165, 1.54) is 0 Å². The Morgan fingerprint density at radius 2 is 2.24 bits per heavy atom. The van der Waals surface area contributed by atoms with Crippen molar-refractivity contribution in [3.63, 3.8) is 0 Å². The van der Waals surface area contributed by atoms with Gasteiger partial charge in [0.15, 0.2) is 0 Å². The van der Waals surface area contributed by atoms with Crippen LogP contribution in [0.15, 0.2) is 24.4 Å². The first kappa shape index (κ1) is 11.6. The zero-order valence-corrected chi connectivity index (χ0v) is 10.5. The van der Waals surface area contributed by atoms with Crippen molar-refractivity contribution in [3.8, 4) is 0 Å². The summed E-state index contributed by atoms with van der Waals surface area (Å²) >= 11 is 0. The predicted octanol–water partition coefficient (Wildman–Crippen LogP) is 2.12. The first-order valence-corrected chi connectivity index (χ1v) is 5.84. The van der Waals surface area contributed by atoms with Crippen molar-refractivity contribution in [2.24, 2.45) is 0 Å². The number of imidazole rings is 1. The van der Waals surface area contributed by atoms with Gasteiger partial charge in [-0.05, 0) is 25.5 Å². The molecule has 1 amide bonds.